The van der Waals surface area contributed by atoms with Gasteiger partial charge < -0.3 is 10.6 Å². The molecule has 0 aliphatic carbocycles. The number of carbonyl (C=O) groups is 1. The van der Waals surface area contributed by atoms with Crippen molar-refractivity contribution >= 4 is 17.2 Å². The summed E-state index contributed by atoms with van der Waals surface area (Å²) in [5, 5.41) is 6.50. The topological polar surface area (TPSA) is 41.1 Å². The van der Waals surface area contributed by atoms with Crippen molar-refractivity contribution in [3.8, 4) is 0 Å². The minimum absolute atomic E-state index is 0.203. The van der Waals surface area contributed by atoms with Gasteiger partial charge in [0.05, 0.1) is 0 Å². The molecule has 1 fully saturated rings. The third kappa shape index (κ3) is 4.62. The minimum Gasteiger partial charge on any atom is -0.352 e. The summed E-state index contributed by atoms with van der Waals surface area (Å²) in [4.78, 5) is 14.7. The molecule has 2 heterocycles. The molecule has 2 unspecified atom stereocenters. The van der Waals surface area contributed by atoms with Crippen LogP contribution < -0.4 is 10.6 Å². The van der Waals surface area contributed by atoms with Crippen molar-refractivity contribution in [1.29, 1.82) is 0 Å². The molecule has 2 atom stereocenters. The number of piperidine rings is 1. The molecule has 1 aromatic heterocycles. The summed E-state index contributed by atoms with van der Waals surface area (Å²) in [6, 6.07) is 4.63. The fourth-order valence-corrected chi connectivity index (χ4v) is 3.44. The minimum atomic E-state index is 0.203. The molecule has 3 nitrogen and oxygen atoms in total. The van der Waals surface area contributed by atoms with E-state index in [4.69, 9.17) is 0 Å². The van der Waals surface area contributed by atoms with E-state index >= 15 is 0 Å². The molecule has 1 aromatic rings. The van der Waals surface area contributed by atoms with E-state index < -0.39 is 0 Å². The largest absolute Gasteiger partial charge is 0.352 e. The molecule has 19 heavy (non-hydrogen) atoms. The quantitative estimate of drug-likeness (QED) is 0.870. The van der Waals surface area contributed by atoms with Gasteiger partial charge in [0.25, 0.3) is 0 Å². The molecule has 1 aliphatic rings. The normalized spacial score (nSPS) is 23.3. The fourth-order valence-electron chi connectivity index (χ4n) is 2.50. The molecule has 4 heteroatoms. The van der Waals surface area contributed by atoms with Crippen molar-refractivity contribution in [3.05, 3.63) is 21.9 Å². The van der Waals surface area contributed by atoms with E-state index in [1.165, 1.54) is 9.75 Å². The predicted molar refractivity (Wildman–Crippen MR) is 80.6 cm³/mol. The predicted octanol–water partition coefficient (Wildman–Crippen LogP) is 2.49. The van der Waals surface area contributed by atoms with Crippen LogP contribution in [0.15, 0.2) is 12.1 Å². The van der Waals surface area contributed by atoms with Crippen molar-refractivity contribution in [1.82, 2.24) is 10.6 Å². The van der Waals surface area contributed by atoms with Gasteiger partial charge in [-0.25, -0.2) is 0 Å². The van der Waals surface area contributed by atoms with E-state index in [0.717, 1.165) is 32.4 Å². The van der Waals surface area contributed by atoms with Crippen molar-refractivity contribution in [2.75, 3.05) is 13.1 Å². The second-order valence-electron chi connectivity index (χ2n) is 5.51. The zero-order valence-corrected chi connectivity index (χ0v) is 12.7. The van der Waals surface area contributed by atoms with E-state index in [9.17, 15) is 4.79 Å². The first-order valence-electron chi connectivity index (χ1n) is 7.20. The Balaban J connectivity index is 1.66. The van der Waals surface area contributed by atoms with Crippen molar-refractivity contribution in [2.24, 2.45) is 5.92 Å². The molecule has 1 saturated heterocycles. The molecule has 0 saturated carbocycles. The van der Waals surface area contributed by atoms with Gasteiger partial charge in [-0.1, -0.05) is 6.92 Å². The number of carbonyl (C=O) groups excluding carboxylic acids is 1. The number of aryl methyl sites for hydroxylation is 2. The van der Waals surface area contributed by atoms with Crippen LogP contribution in [0.25, 0.3) is 0 Å². The van der Waals surface area contributed by atoms with Gasteiger partial charge in [-0.15, -0.1) is 11.3 Å². The first-order valence-corrected chi connectivity index (χ1v) is 8.02. The lowest BCUT2D eigenvalue weighted by Crippen LogP contribution is -2.50. The number of amides is 1. The Labute approximate surface area is 119 Å². The molecule has 1 aliphatic heterocycles. The Morgan fingerprint density at radius 1 is 1.53 bits per heavy atom. The molecule has 106 valence electrons. The summed E-state index contributed by atoms with van der Waals surface area (Å²) in [7, 11) is 0. The Hall–Kier alpha value is -0.870. The van der Waals surface area contributed by atoms with Crippen LogP contribution in [0.2, 0.25) is 0 Å². The molecular weight excluding hydrogens is 256 g/mol. The maximum atomic E-state index is 11.9. The number of hydrogen-bond donors (Lipinski definition) is 2. The van der Waals surface area contributed by atoms with E-state index in [0.29, 0.717) is 18.4 Å². The van der Waals surface area contributed by atoms with Crippen LogP contribution in [-0.2, 0) is 11.2 Å². The summed E-state index contributed by atoms with van der Waals surface area (Å²) in [6.07, 6.45) is 3.75. The third-order valence-electron chi connectivity index (χ3n) is 3.80. The summed E-state index contributed by atoms with van der Waals surface area (Å²) < 4.78 is 0. The monoisotopic (exact) mass is 280 g/mol. The molecule has 1 amide bonds. The van der Waals surface area contributed by atoms with Crippen LogP contribution in [-0.4, -0.2) is 25.0 Å². The second kappa shape index (κ2) is 7.06. The molecular formula is C15H24N2OS. The highest BCUT2D eigenvalue weighted by Crippen LogP contribution is 2.17. The number of rotatable bonds is 5. The molecule has 0 spiro atoms. The highest BCUT2D eigenvalue weighted by molar-refractivity contribution is 7.11. The van der Waals surface area contributed by atoms with E-state index in [1.54, 1.807) is 0 Å². The van der Waals surface area contributed by atoms with Gasteiger partial charge in [-0.3, -0.25) is 4.79 Å². The van der Waals surface area contributed by atoms with Crippen LogP contribution in [0.4, 0.5) is 0 Å². The smallest absolute Gasteiger partial charge is 0.220 e. The van der Waals surface area contributed by atoms with Gasteiger partial charge in [0.2, 0.25) is 5.91 Å². The van der Waals surface area contributed by atoms with E-state index in [1.807, 2.05) is 11.3 Å². The van der Waals surface area contributed by atoms with Gasteiger partial charge in [0.15, 0.2) is 0 Å². The lowest BCUT2D eigenvalue weighted by molar-refractivity contribution is -0.122. The molecule has 0 aromatic carbocycles. The number of hydrogen-bond acceptors (Lipinski definition) is 3. The van der Waals surface area contributed by atoms with Gasteiger partial charge in [0.1, 0.15) is 0 Å². The number of nitrogens with one attached hydrogen (secondary N) is 2. The Kier molecular flexibility index (Phi) is 5.40. The maximum absolute atomic E-state index is 11.9. The second-order valence-corrected chi connectivity index (χ2v) is 6.88. The van der Waals surface area contributed by atoms with E-state index in [-0.39, 0.29) is 5.91 Å². The molecule has 2 N–H and O–H groups in total. The van der Waals surface area contributed by atoms with Crippen molar-refractivity contribution in [2.45, 2.75) is 45.6 Å². The molecule has 2 rings (SSSR count). The van der Waals surface area contributed by atoms with Gasteiger partial charge in [0, 0.05) is 28.8 Å². The SMILES string of the molecule is Cc1ccc(CCCC(=O)NC2CNCCC2C)s1. The van der Waals surface area contributed by atoms with Gasteiger partial charge >= 0.3 is 0 Å². The van der Waals surface area contributed by atoms with Crippen LogP contribution in [0.3, 0.4) is 0 Å². The highest BCUT2D eigenvalue weighted by Gasteiger charge is 2.22. The lowest BCUT2D eigenvalue weighted by atomic mass is 9.94. The Morgan fingerprint density at radius 2 is 2.37 bits per heavy atom. The van der Waals surface area contributed by atoms with Crippen LogP contribution in [0, 0.1) is 12.8 Å². The zero-order valence-electron chi connectivity index (χ0n) is 11.9. The van der Waals surface area contributed by atoms with Gasteiger partial charge in [-0.2, -0.15) is 0 Å². The van der Waals surface area contributed by atoms with E-state index in [2.05, 4.69) is 36.6 Å². The Morgan fingerprint density at radius 3 is 3.05 bits per heavy atom. The Bertz CT molecular complexity index is 416. The number of thiophene rings is 1. The van der Waals surface area contributed by atoms with Crippen LogP contribution in [0.5, 0.6) is 0 Å². The summed E-state index contributed by atoms with van der Waals surface area (Å²) in [5.41, 5.74) is 0. The highest BCUT2D eigenvalue weighted by atomic mass is 32.1. The molecule has 0 bridgehead atoms. The zero-order chi connectivity index (χ0) is 13.7. The third-order valence-corrected chi connectivity index (χ3v) is 4.86. The first-order chi connectivity index (χ1) is 9.15. The average molecular weight is 280 g/mol. The summed E-state index contributed by atoms with van der Waals surface area (Å²) in [5.74, 6) is 0.791. The van der Waals surface area contributed by atoms with Crippen molar-refractivity contribution in [3.63, 3.8) is 0 Å². The average Bonchev–Trinajstić information content (AvgIpc) is 2.78. The van der Waals surface area contributed by atoms with Gasteiger partial charge in [-0.05, 0) is 50.8 Å². The summed E-state index contributed by atoms with van der Waals surface area (Å²) >= 11 is 1.83. The maximum Gasteiger partial charge on any atom is 0.220 e. The lowest BCUT2D eigenvalue weighted by Gasteiger charge is -2.30. The fraction of sp³-hybridized carbons (Fsp3) is 0.667. The van der Waals surface area contributed by atoms with Crippen LogP contribution >= 0.6 is 11.3 Å². The van der Waals surface area contributed by atoms with Crippen molar-refractivity contribution < 1.29 is 4.79 Å². The summed E-state index contributed by atoms with van der Waals surface area (Å²) in [6.45, 7) is 6.33. The molecule has 0 radical (unpaired) electrons. The van der Waals surface area contributed by atoms with Crippen LogP contribution in [0.1, 0.15) is 35.9 Å². The standard InChI is InChI=1S/C15H24N2OS/c1-11-8-9-16-10-14(11)17-15(18)5-3-4-13-7-6-12(2)19-13/h6-7,11,14,16H,3-5,8-10H2,1-2H3,(H,17,18). The first kappa shape index (κ1) is 14.5.